The van der Waals surface area contributed by atoms with Gasteiger partial charge >= 0.3 is 0 Å². The molecule has 1 aliphatic heterocycles. The molecule has 2 nitrogen and oxygen atoms in total. The van der Waals surface area contributed by atoms with Crippen LogP contribution in [0.3, 0.4) is 0 Å². The Morgan fingerprint density at radius 3 is 1.90 bits per heavy atom. The first kappa shape index (κ1) is 15.8. The lowest BCUT2D eigenvalue weighted by molar-refractivity contribution is -0.184. The Hall–Kier alpha value is -0.570. The minimum atomic E-state index is -0.272. The average Bonchev–Trinajstić information content (AvgIpc) is 2.94. The van der Waals surface area contributed by atoms with Crippen LogP contribution in [0.25, 0.3) is 0 Å². The molecule has 0 bridgehead atoms. The summed E-state index contributed by atoms with van der Waals surface area (Å²) in [6.45, 7) is 7.83. The van der Waals surface area contributed by atoms with Crippen molar-refractivity contribution in [3.63, 3.8) is 0 Å². The lowest BCUT2D eigenvalue weighted by Gasteiger charge is -2.42. The van der Waals surface area contributed by atoms with E-state index in [0.29, 0.717) is 0 Å². The predicted molar refractivity (Wildman–Crippen MR) is 83.3 cm³/mol. The fraction of sp³-hybridized carbons (Fsp3) is 0.647. The fourth-order valence-electron chi connectivity index (χ4n) is 3.11. The summed E-state index contributed by atoms with van der Waals surface area (Å²) < 4.78 is 11.6. The summed E-state index contributed by atoms with van der Waals surface area (Å²) in [5.74, 6) is -0.272. The molecular formula is C17H25ClO2. The molecule has 1 spiro atoms. The van der Waals surface area contributed by atoms with Crippen LogP contribution in [0.15, 0.2) is 24.3 Å². The number of rotatable bonds is 1. The first-order chi connectivity index (χ1) is 9.62. The summed E-state index contributed by atoms with van der Waals surface area (Å²) >= 11 is 5.95. The van der Waals surface area contributed by atoms with Crippen LogP contribution in [0.1, 0.15) is 52.0 Å². The Kier molecular flexibility index (Phi) is 5.11. The maximum Gasteiger partial charge on any atom is 0.168 e. The van der Waals surface area contributed by atoms with Gasteiger partial charge in [-0.3, -0.25) is 0 Å². The zero-order valence-electron chi connectivity index (χ0n) is 12.7. The van der Waals surface area contributed by atoms with Crippen LogP contribution in [0.5, 0.6) is 0 Å². The van der Waals surface area contributed by atoms with Crippen molar-refractivity contribution >= 4 is 11.6 Å². The van der Waals surface area contributed by atoms with Gasteiger partial charge in [0.15, 0.2) is 5.79 Å². The number of halogens is 1. The molecule has 0 atom stereocenters. The van der Waals surface area contributed by atoms with Gasteiger partial charge in [-0.05, 0) is 36.0 Å². The van der Waals surface area contributed by atoms with Gasteiger partial charge in [0.2, 0.25) is 0 Å². The number of benzene rings is 1. The Labute approximate surface area is 127 Å². The van der Waals surface area contributed by atoms with Crippen molar-refractivity contribution in [2.75, 3.05) is 13.2 Å². The van der Waals surface area contributed by atoms with E-state index in [2.05, 4.69) is 19.1 Å². The van der Waals surface area contributed by atoms with Crippen LogP contribution in [-0.4, -0.2) is 19.0 Å². The molecule has 2 aliphatic rings. The van der Waals surface area contributed by atoms with Gasteiger partial charge in [-0.1, -0.05) is 44.5 Å². The van der Waals surface area contributed by atoms with Gasteiger partial charge in [0.05, 0.1) is 13.2 Å². The summed E-state index contributed by atoms with van der Waals surface area (Å²) in [7, 11) is 0. The maximum absolute atomic E-state index is 5.95. The van der Waals surface area contributed by atoms with E-state index in [4.69, 9.17) is 21.1 Å². The van der Waals surface area contributed by atoms with E-state index in [0.717, 1.165) is 43.9 Å². The van der Waals surface area contributed by atoms with Crippen LogP contribution in [-0.2, 0) is 14.9 Å². The molecule has 1 aromatic rings. The number of ether oxygens (including phenoxy) is 2. The van der Waals surface area contributed by atoms with E-state index in [-0.39, 0.29) is 11.2 Å². The Morgan fingerprint density at radius 2 is 1.40 bits per heavy atom. The van der Waals surface area contributed by atoms with E-state index in [1.165, 1.54) is 5.56 Å². The van der Waals surface area contributed by atoms with Crippen molar-refractivity contribution in [3.8, 4) is 0 Å². The highest BCUT2D eigenvalue weighted by atomic mass is 35.5. The first-order valence-electron chi connectivity index (χ1n) is 7.66. The molecule has 0 radical (unpaired) electrons. The van der Waals surface area contributed by atoms with E-state index in [1.54, 1.807) is 0 Å². The molecule has 1 heterocycles. The third-order valence-corrected chi connectivity index (χ3v) is 4.72. The van der Waals surface area contributed by atoms with Crippen molar-refractivity contribution in [1.29, 1.82) is 0 Å². The predicted octanol–water partition coefficient (Wildman–Crippen LogP) is 4.94. The SMILES string of the molecule is CC.CC1(c2ccc(Cl)cc2)CCC2(CC1)OCCO2. The topological polar surface area (TPSA) is 18.5 Å². The van der Waals surface area contributed by atoms with E-state index >= 15 is 0 Å². The molecule has 1 saturated heterocycles. The molecule has 112 valence electrons. The quantitative estimate of drug-likeness (QED) is 0.730. The van der Waals surface area contributed by atoms with Gasteiger partial charge in [0.1, 0.15) is 0 Å². The second-order valence-corrected chi connectivity index (χ2v) is 6.11. The van der Waals surface area contributed by atoms with Crippen LogP contribution in [0.4, 0.5) is 0 Å². The van der Waals surface area contributed by atoms with Crippen LogP contribution >= 0.6 is 11.6 Å². The fourth-order valence-corrected chi connectivity index (χ4v) is 3.24. The third-order valence-electron chi connectivity index (χ3n) is 4.47. The number of hydrogen-bond acceptors (Lipinski definition) is 2. The van der Waals surface area contributed by atoms with Gasteiger partial charge in [-0.2, -0.15) is 0 Å². The monoisotopic (exact) mass is 296 g/mol. The third kappa shape index (κ3) is 3.19. The summed E-state index contributed by atoms with van der Waals surface area (Å²) in [5, 5.41) is 0.803. The van der Waals surface area contributed by atoms with Crippen molar-refractivity contribution in [2.45, 2.75) is 57.7 Å². The van der Waals surface area contributed by atoms with Crippen molar-refractivity contribution in [1.82, 2.24) is 0 Å². The normalized spacial score (nSPS) is 23.2. The zero-order valence-corrected chi connectivity index (χ0v) is 13.5. The summed E-state index contributed by atoms with van der Waals surface area (Å²) in [5.41, 5.74) is 1.60. The standard InChI is InChI=1S/C15H19ClO2.C2H6/c1-14(12-2-4-13(16)5-3-12)6-8-15(9-7-14)17-10-11-18-15;1-2/h2-5H,6-11H2,1H3;1-2H3. The molecule has 3 rings (SSSR count). The molecule has 3 heteroatoms. The van der Waals surface area contributed by atoms with Crippen molar-refractivity contribution < 1.29 is 9.47 Å². The molecule has 0 unspecified atom stereocenters. The first-order valence-corrected chi connectivity index (χ1v) is 8.04. The highest BCUT2D eigenvalue weighted by molar-refractivity contribution is 6.30. The lowest BCUT2D eigenvalue weighted by atomic mass is 9.69. The van der Waals surface area contributed by atoms with Crippen molar-refractivity contribution in [2.24, 2.45) is 0 Å². The van der Waals surface area contributed by atoms with E-state index in [9.17, 15) is 0 Å². The van der Waals surface area contributed by atoms with Crippen LogP contribution < -0.4 is 0 Å². The Balaban J connectivity index is 0.000000704. The van der Waals surface area contributed by atoms with Gasteiger partial charge in [0, 0.05) is 17.9 Å². The minimum Gasteiger partial charge on any atom is -0.348 e. The van der Waals surface area contributed by atoms with Gasteiger partial charge < -0.3 is 9.47 Å². The number of hydrogen-bond donors (Lipinski definition) is 0. The summed E-state index contributed by atoms with van der Waals surface area (Å²) in [6.07, 6.45) is 4.20. The van der Waals surface area contributed by atoms with Gasteiger partial charge in [-0.25, -0.2) is 0 Å². The Bertz CT molecular complexity index is 411. The molecule has 0 N–H and O–H groups in total. The molecule has 1 aromatic carbocycles. The van der Waals surface area contributed by atoms with Crippen molar-refractivity contribution in [3.05, 3.63) is 34.9 Å². The smallest absolute Gasteiger partial charge is 0.168 e. The molecule has 2 fully saturated rings. The average molecular weight is 297 g/mol. The maximum atomic E-state index is 5.95. The Morgan fingerprint density at radius 1 is 0.900 bits per heavy atom. The molecule has 0 amide bonds. The summed E-state index contributed by atoms with van der Waals surface area (Å²) in [6, 6.07) is 8.26. The largest absolute Gasteiger partial charge is 0.348 e. The molecule has 20 heavy (non-hydrogen) atoms. The van der Waals surface area contributed by atoms with Gasteiger partial charge in [-0.15, -0.1) is 0 Å². The van der Waals surface area contributed by atoms with E-state index < -0.39 is 0 Å². The highest BCUT2D eigenvalue weighted by Crippen LogP contribution is 2.46. The van der Waals surface area contributed by atoms with Gasteiger partial charge in [0.25, 0.3) is 0 Å². The molecule has 1 aliphatic carbocycles. The molecular weight excluding hydrogens is 272 g/mol. The van der Waals surface area contributed by atoms with E-state index in [1.807, 2.05) is 26.0 Å². The van der Waals surface area contributed by atoms with Crippen LogP contribution in [0.2, 0.25) is 5.02 Å². The highest BCUT2D eigenvalue weighted by Gasteiger charge is 2.44. The molecule has 0 aromatic heterocycles. The second-order valence-electron chi connectivity index (χ2n) is 5.68. The molecule has 1 saturated carbocycles. The van der Waals surface area contributed by atoms with Crippen LogP contribution in [0, 0.1) is 0 Å². The lowest BCUT2D eigenvalue weighted by Crippen LogP contribution is -2.40. The minimum absolute atomic E-state index is 0.227. The second kappa shape index (κ2) is 6.46. The zero-order chi connectivity index (χ0) is 14.6. The summed E-state index contributed by atoms with van der Waals surface area (Å²) in [4.78, 5) is 0.